The summed E-state index contributed by atoms with van der Waals surface area (Å²) in [6, 6.07) is 6.82. The summed E-state index contributed by atoms with van der Waals surface area (Å²) < 4.78 is 0.839. The highest BCUT2D eigenvalue weighted by atomic mass is 35.5. The summed E-state index contributed by atoms with van der Waals surface area (Å²) in [6.45, 7) is 3.10. The van der Waals surface area contributed by atoms with E-state index in [1.54, 1.807) is 40.9 Å². The minimum absolute atomic E-state index is 0.0725. The smallest absolute Gasteiger partial charge is 0.253 e. The van der Waals surface area contributed by atoms with Gasteiger partial charge in [-0.1, -0.05) is 41.6 Å². The molecule has 138 valence electrons. The molecule has 0 bridgehead atoms. The fourth-order valence-corrected chi connectivity index (χ4v) is 4.58. The van der Waals surface area contributed by atoms with E-state index in [9.17, 15) is 9.59 Å². The molecule has 1 atom stereocenters. The maximum Gasteiger partial charge on any atom is 0.253 e. The Labute approximate surface area is 165 Å². The number of nitrogens with zero attached hydrogens (tertiary/aromatic N) is 3. The second-order valence-corrected chi connectivity index (χ2v) is 8.82. The minimum Gasteiger partial charge on any atom is -0.338 e. The molecule has 0 aliphatic carbocycles. The van der Waals surface area contributed by atoms with Gasteiger partial charge in [0, 0.05) is 23.7 Å². The van der Waals surface area contributed by atoms with Crippen LogP contribution < -0.4 is 5.32 Å². The topological polar surface area (TPSA) is 75.2 Å². The van der Waals surface area contributed by atoms with Gasteiger partial charge in [-0.3, -0.25) is 9.59 Å². The van der Waals surface area contributed by atoms with Crippen molar-refractivity contribution in [3.63, 3.8) is 0 Å². The maximum absolute atomic E-state index is 12.6. The number of halogens is 1. The van der Waals surface area contributed by atoms with Crippen molar-refractivity contribution >= 4 is 51.6 Å². The summed E-state index contributed by atoms with van der Waals surface area (Å²) in [5.41, 5.74) is 0.584. The predicted molar refractivity (Wildman–Crippen MR) is 105 cm³/mol. The molecule has 26 heavy (non-hydrogen) atoms. The molecule has 0 saturated carbocycles. The number of hydrogen-bond donors (Lipinski definition) is 1. The lowest BCUT2D eigenvalue weighted by Gasteiger charge is -2.32. The number of likely N-dealkylation sites (tertiary alicyclic amines) is 1. The van der Waals surface area contributed by atoms with Crippen LogP contribution in [0.25, 0.3) is 0 Å². The van der Waals surface area contributed by atoms with Crippen LogP contribution in [0, 0.1) is 5.92 Å². The zero-order valence-corrected chi connectivity index (χ0v) is 16.7. The van der Waals surface area contributed by atoms with E-state index in [1.165, 1.54) is 11.3 Å². The number of carbonyl (C=O) groups is 2. The summed E-state index contributed by atoms with van der Waals surface area (Å²) in [6.07, 6.45) is 1.55. The van der Waals surface area contributed by atoms with Crippen molar-refractivity contribution in [1.29, 1.82) is 0 Å². The molecule has 1 N–H and O–H groups in total. The number of hydrogen-bond acceptors (Lipinski definition) is 6. The molecule has 1 aromatic heterocycles. The molecule has 2 aromatic rings. The van der Waals surface area contributed by atoms with Gasteiger partial charge in [0.1, 0.15) is 0 Å². The van der Waals surface area contributed by atoms with Gasteiger partial charge in [0.2, 0.25) is 11.0 Å². The molecule has 6 nitrogen and oxygen atoms in total. The number of carbonyl (C=O) groups excluding carboxylic acids is 2. The highest BCUT2D eigenvalue weighted by molar-refractivity contribution is 8.01. The van der Waals surface area contributed by atoms with E-state index < -0.39 is 0 Å². The van der Waals surface area contributed by atoms with Crippen LogP contribution in [0.5, 0.6) is 0 Å². The lowest BCUT2D eigenvalue weighted by molar-refractivity contribution is -0.121. The Balaban J connectivity index is 1.60. The van der Waals surface area contributed by atoms with Gasteiger partial charge in [0.25, 0.3) is 5.91 Å². The minimum atomic E-state index is -0.244. The van der Waals surface area contributed by atoms with E-state index in [0.29, 0.717) is 28.8 Å². The molecule has 1 fully saturated rings. The van der Waals surface area contributed by atoms with Gasteiger partial charge in [-0.15, -0.1) is 10.2 Å². The summed E-state index contributed by atoms with van der Waals surface area (Å²) in [4.78, 5) is 26.9. The summed E-state index contributed by atoms with van der Waals surface area (Å²) >= 11 is 8.84. The number of amides is 2. The van der Waals surface area contributed by atoms with Crippen LogP contribution in [0.1, 0.15) is 30.1 Å². The molecule has 1 aliphatic rings. The molecular weight excluding hydrogens is 392 g/mol. The van der Waals surface area contributed by atoms with Crippen molar-refractivity contribution in [3.8, 4) is 0 Å². The molecule has 2 amide bonds. The largest absolute Gasteiger partial charge is 0.338 e. The lowest BCUT2D eigenvalue weighted by atomic mass is 9.96. The first-order valence-corrected chi connectivity index (χ1v) is 10.6. The number of anilines is 1. The van der Waals surface area contributed by atoms with Crippen LogP contribution in [-0.2, 0) is 4.79 Å². The molecule has 1 saturated heterocycles. The molecule has 1 aliphatic heterocycles. The Morgan fingerprint density at radius 1 is 1.35 bits per heavy atom. The SMILES string of the molecule is CCSc1nnc(NC(=O)[C@@H]2CCCN(C(=O)c3ccc(Cl)cc3)C2)s1. The first kappa shape index (κ1) is 19.1. The highest BCUT2D eigenvalue weighted by Gasteiger charge is 2.29. The van der Waals surface area contributed by atoms with Crippen LogP contribution in [-0.4, -0.2) is 45.8 Å². The number of thioether (sulfide) groups is 1. The Bertz CT molecular complexity index is 781. The van der Waals surface area contributed by atoms with Crippen LogP contribution in [0.3, 0.4) is 0 Å². The predicted octanol–water partition coefficient (Wildman–Crippen LogP) is 3.79. The highest BCUT2D eigenvalue weighted by Crippen LogP contribution is 2.26. The molecule has 1 aromatic carbocycles. The summed E-state index contributed by atoms with van der Waals surface area (Å²) in [5, 5.41) is 12.0. The monoisotopic (exact) mass is 410 g/mol. The number of nitrogens with one attached hydrogen (secondary N) is 1. The molecule has 2 heterocycles. The fraction of sp³-hybridized carbons (Fsp3) is 0.412. The van der Waals surface area contributed by atoms with Gasteiger partial charge in [-0.2, -0.15) is 0 Å². The van der Waals surface area contributed by atoms with E-state index in [2.05, 4.69) is 15.5 Å². The Morgan fingerprint density at radius 2 is 2.12 bits per heavy atom. The number of benzene rings is 1. The fourth-order valence-electron chi connectivity index (χ4n) is 2.80. The summed E-state index contributed by atoms with van der Waals surface area (Å²) in [7, 11) is 0. The third kappa shape index (κ3) is 4.75. The van der Waals surface area contributed by atoms with Crippen molar-refractivity contribution < 1.29 is 9.59 Å². The van der Waals surface area contributed by atoms with Crippen LogP contribution >= 0.6 is 34.7 Å². The van der Waals surface area contributed by atoms with Gasteiger partial charge in [0.15, 0.2) is 4.34 Å². The van der Waals surface area contributed by atoms with E-state index in [1.807, 2.05) is 6.92 Å². The van der Waals surface area contributed by atoms with Gasteiger partial charge in [0.05, 0.1) is 5.92 Å². The van der Waals surface area contributed by atoms with Crippen molar-refractivity contribution in [2.24, 2.45) is 5.92 Å². The summed E-state index contributed by atoms with van der Waals surface area (Å²) in [5.74, 6) is 0.484. The van der Waals surface area contributed by atoms with Gasteiger partial charge >= 0.3 is 0 Å². The second-order valence-electron chi connectivity index (χ2n) is 5.89. The second kappa shape index (κ2) is 8.83. The van der Waals surface area contributed by atoms with Crippen molar-refractivity contribution in [2.45, 2.75) is 24.1 Å². The van der Waals surface area contributed by atoms with Crippen LogP contribution in [0.15, 0.2) is 28.6 Å². The Hall–Kier alpha value is -1.64. The van der Waals surface area contributed by atoms with Crippen molar-refractivity contribution in [3.05, 3.63) is 34.9 Å². The van der Waals surface area contributed by atoms with E-state index in [0.717, 1.165) is 22.9 Å². The Kier molecular flexibility index (Phi) is 6.50. The zero-order valence-electron chi connectivity index (χ0n) is 14.3. The quantitative estimate of drug-likeness (QED) is 0.599. The first-order valence-electron chi connectivity index (χ1n) is 8.39. The average molecular weight is 411 g/mol. The van der Waals surface area contributed by atoms with Crippen molar-refractivity contribution in [2.75, 3.05) is 24.2 Å². The van der Waals surface area contributed by atoms with E-state index in [-0.39, 0.29) is 17.7 Å². The maximum atomic E-state index is 12.6. The van der Waals surface area contributed by atoms with Crippen molar-refractivity contribution in [1.82, 2.24) is 15.1 Å². The third-order valence-electron chi connectivity index (χ3n) is 4.07. The van der Waals surface area contributed by atoms with Gasteiger partial charge < -0.3 is 10.2 Å². The first-order chi connectivity index (χ1) is 12.6. The Morgan fingerprint density at radius 3 is 2.85 bits per heavy atom. The van der Waals surface area contributed by atoms with E-state index in [4.69, 9.17) is 11.6 Å². The van der Waals surface area contributed by atoms with Gasteiger partial charge in [-0.05, 0) is 42.9 Å². The molecular formula is C17H19ClN4O2S2. The average Bonchev–Trinajstić information content (AvgIpc) is 3.09. The molecule has 0 spiro atoms. The zero-order chi connectivity index (χ0) is 18.5. The number of rotatable bonds is 5. The van der Waals surface area contributed by atoms with E-state index >= 15 is 0 Å². The molecule has 9 heteroatoms. The third-order valence-corrected chi connectivity index (χ3v) is 6.18. The van der Waals surface area contributed by atoms with Crippen LogP contribution in [0.4, 0.5) is 5.13 Å². The molecule has 0 radical (unpaired) electrons. The van der Waals surface area contributed by atoms with Gasteiger partial charge in [-0.25, -0.2) is 0 Å². The lowest BCUT2D eigenvalue weighted by Crippen LogP contribution is -2.43. The molecule has 0 unspecified atom stereocenters. The normalized spacial score (nSPS) is 17.2. The number of piperidine rings is 1. The number of aromatic nitrogens is 2. The molecule has 3 rings (SSSR count). The standard InChI is InChI=1S/C17H19ClN4O2S2/c1-2-25-17-21-20-16(26-17)19-14(23)12-4-3-9-22(10-12)15(24)11-5-7-13(18)8-6-11/h5-8,12H,2-4,9-10H2,1H3,(H,19,20,23)/t12-/m1/s1. The van der Waals surface area contributed by atoms with Crippen LogP contribution in [0.2, 0.25) is 5.02 Å².